The van der Waals surface area contributed by atoms with Crippen LogP contribution < -0.4 is 11.1 Å². The van der Waals surface area contributed by atoms with Crippen LogP contribution in [0.2, 0.25) is 0 Å². The lowest BCUT2D eigenvalue weighted by Crippen LogP contribution is -2.43. The minimum Gasteiger partial charge on any atom is -0.369 e. The number of anilines is 1. The molecular formula is C12H17BrN4O. The summed E-state index contributed by atoms with van der Waals surface area (Å²) in [4.78, 5) is 17.2. The van der Waals surface area contributed by atoms with Crippen molar-refractivity contribution in [1.29, 1.82) is 0 Å². The predicted octanol–water partition coefficient (Wildman–Crippen LogP) is 1.21. The highest BCUT2D eigenvalue weighted by atomic mass is 79.9. The lowest BCUT2D eigenvalue weighted by molar-refractivity contribution is -0.119. The highest BCUT2D eigenvalue weighted by Gasteiger charge is 2.20. The second-order valence-corrected chi connectivity index (χ2v) is 5.44. The normalized spacial score (nSPS) is 17.6. The van der Waals surface area contributed by atoms with E-state index in [9.17, 15) is 4.79 Å². The quantitative estimate of drug-likeness (QED) is 0.876. The van der Waals surface area contributed by atoms with E-state index in [2.05, 4.69) is 31.1 Å². The maximum absolute atomic E-state index is 10.8. The summed E-state index contributed by atoms with van der Waals surface area (Å²) in [5, 5.41) is 3.41. The summed E-state index contributed by atoms with van der Waals surface area (Å²) >= 11 is 3.36. The Labute approximate surface area is 115 Å². The minimum absolute atomic E-state index is 0.254. The van der Waals surface area contributed by atoms with E-state index in [1.54, 1.807) is 6.20 Å². The molecule has 2 heterocycles. The van der Waals surface area contributed by atoms with Crippen LogP contribution in [-0.2, 0) is 4.79 Å². The zero-order valence-corrected chi connectivity index (χ0v) is 11.7. The molecule has 0 spiro atoms. The van der Waals surface area contributed by atoms with Gasteiger partial charge in [0.15, 0.2) is 0 Å². The van der Waals surface area contributed by atoms with E-state index in [0.717, 1.165) is 36.2 Å². The number of primary amides is 1. The fourth-order valence-electron chi connectivity index (χ4n) is 2.13. The molecule has 0 radical (unpaired) electrons. The molecule has 5 nitrogen and oxygen atoms in total. The molecule has 0 atom stereocenters. The minimum atomic E-state index is -0.254. The lowest BCUT2D eigenvalue weighted by Gasteiger charge is -2.31. The molecule has 1 aliphatic heterocycles. The molecule has 0 unspecified atom stereocenters. The number of carbonyl (C=O) groups is 1. The van der Waals surface area contributed by atoms with Crippen molar-refractivity contribution >= 4 is 27.7 Å². The van der Waals surface area contributed by atoms with Gasteiger partial charge < -0.3 is 11.1 Å². The van der Waals surface area contributed by atoms with E-state index >= 15 is 0 Å². The summed E-state index contributed by atoms with van der Waals surface area (Å²) in [6.45, 7) is 2.16. The molecule has 1 saturated heterocycles. The zero-order valence-electron chi connectivity index (χ0n) is 10.1. The topological polar surface area (TPSA) is 71.2 Å². The molecule has 0 aromatic carbocycles. The third kappa shape index (κ3) is 3.96. The van der Waals surface area contributed by atoms with Gasteiger partial charge in [-0.15, -0.1) is 0 Å². The number of nitrogens with zero attached hydrogens (tertiary/aromatic N) is 2. The Kier molecular flexibility index (Phi) is 4.54. The first kappa shape index (κ1) is 13.3. The van der Waals surface area contributed by atoms with Crippen molar-refractivity contribution in [3.05, 3.63) is 22.8 Å². The van der Waals surface area contributed by atoms with Gasteiger partial charge in [-0.1, -0.05) is 0 Å². The molecule has 1 aliphatic rings. The van der Waals surface area contributed by atoms with Gasteiger partial charge in [0.2, 0.25) is 5.91 Å². The van der Waals surface area contributed by atoms with Gasteiger partial charge in [0.1, 0.15) is 5.82 Å². The van der Waals surface area contributed by atoms with Crippen LogP contribution in [-0.4, -0.2) is 41.5 Å². The molecule has 1 aromatic heterocycles. The largest absolute Gasteiger partial charge is 0.369 e. The van der Waals surface area contributed by atoms with Crippen molar-refractivity contribution in [2.24, 2.45) is 5.73 Å². The van der Waals surface area contributed by atoms with Gasteiger partial charge >= 0.3 is 0 Å². The van der Waals surface area contributed by atoms with Gasteiger partial charge in [0, 0.05) is 29.8 Å². The number of halogens is 1. The molecule has 1 fully saturated rings. The number of hydrogen-bond donors (Lipinski definition) is 2. The molecule has 3 N–H and O–H groups in total. The van der Waals surface area contributed by atoms with Crippen molar-refractivity contribution in [3.63, 3.8) is 0 Å². The maximum atomic E-state index is 10.8. The molecule has 2 rings (SSSR count). The monoisotopic (exact) mass is 312 g/mol. The van der Waals surface area contributed by atoms with Crippen LogP contribution in [0.15, 0.2) is 22.8 Å². The molecule has 0 saturated carbocycles. The Morgan fingerprint density at radius 1 is 1.50 bits per heavy atom. The molecule has 98 valence electrons. The van der Waals surface area contributed by atoms with E-state index in [-0.39, 0.29) is 5.91 Å². The molecule has 18 heavy (non-hydrogen) atoms. The smallest absolute Gasteiger partial charge is 0.231 e. The first-order chi connectivity index (χ1) is 8.63. The van der Waals surface area contributed by atoms with E-state index in [0.29, 0.717) is 12.6 Å². The number of rotatable bonds is 4. The first-order valence-corrected chi connectivity index (χ1v) is 6.81. The predicted molar refractivity (Wildman–Crippen MR) is 74.2 cm³/mol. The van der Waals surface area contributed by atoms with Gasteiger partial charge in [-0.2, -0.15) is 0 Å². The molecule has 0 aliphatic carbocycles. The van der Waals surface area contributed by atoms with Gasteiger partial charge in [-0.05, 0) is 40.9 Å². The number of hydrogen-bond acceptors (Lipinski definition) is 4. The Balaban J connectivity index is 1.79. The summed E-state index contributed by atoms with van der Waals surface area (Å²) in [5.41, 5.74) is 5.18. The number of amides is 1. The van der Waals surface area contributed by atoms with Crippen LogP contribution in [0, 0.1) is 0 Å². The number of nitrogens with one attached hydrogen (secondary N) is 1. The number of nitrogens with two attached hydrogens (primary N) is 1. The molecule has 1 aromatic rings. The molecule has 1 amide bonds. The second-order valence-electron chi connectivity index (χ2n) is 4.52. The van der Waals surface area contributed by atoms with E-state index in [4.69, 9.17) is 5.73 Å². The summed E-state index contributed by atoms with van der Waals surface area (Å²) < 4.78 is 0.976. The van der Waals surface area contributed by atoms with Crippen molar-refractivity contribution in [1.82, 2.24) is 9.88 Å². The van der Waals surface area contributed by atoms with E-state index in [1.807, 2.05) is 12.1 Å². The lowest BCUT2D eigenvalue weighted by atomic mass is 10.1. The van der Waals surface area contributed by atoms with E-state index in [1.165, 1.54) is 0 Å². The van der Waals surface area contributed by atoms with Crippen molar-refractivity contribution < 1.29 is 4.79 Å². The van der Waals surface area contributed by atoms with Crippen molar-refractivity contribution in [3.8, 4) is 0 Å². The third-order valence-electron chi connectivity index (χ3n) is 3.05. The summed E-state index contributed by atoms with van der Waals surface area (Å²) in [6, 6.07) is 4.35. The van der Waals surface area contributed by atoms with Crippen LogP contribution >= 0.6 is 15.9 Å². The van der Waals surface area contributed by atoms with Crippen LogP contribution in [0.4, 0.5) is 5.82 Å². The highest BCUT2D eigenvalue weighted by Crippen LogP contribution is 2.16. The number of pyridine rings is 1. The Bertz CT molecular complexity index is 401. The second kappa shape index (κ2) is 6.15. The fourth-order valence-corrected chi connectivity index (χ4v) is 2.36. The third-order valence-corrected chi connectivity index (χ3v) is 3.52. The van der Waals surface area contributed by atoms with Crippen LogP contribution in [0.3, 0.4) is 0 Å². The number of aromatic nitrogens is 1. The SMILES string of the molecule is NC(=O)CN1CCC(Nc2ccc(Br)cn2)CC1. The van der Waals surface area contributed by atoms with Gasteiger partial charge in [0.25, 0.3) is 0 Å². The zero-order chi connectivity index (χ0) is 13.0. The van der Waals surface area contributed by atoms with Crippen LogP contribution in [0.5, 0.6) is 0 Å². The standard InChI is InChI=1S/C12H17BrN4O/c13-9-1-2-12(15-7-9)16-10-3-5-17(6-4-10)8-11(14)18/h1-2,7,10H,3-6,8H2,(H2,14,18)(H,15,16). The van der Waals surface area contributed by atoms with E-state index < -0.39 is 0 Å². The van der Waals surface area contributed by atoms with Crippen molar-refractivity contribution in [2.75, 3.05) is 25.0 Å². The highest BCUT2D eigenvalue weighted by molar-refractivity contribution is 9.10. The first-order valence-electron chi connectivity index (χ1n) is 6.02. The summed E-state index contributed by atoms with van der Waals surface area (Å²) in [7, 11) is 0. The molecular weight excluding hydrogens is 296 g/mol. The van der Waals surface area contributed by atoms with Crippen LogP contribution in [0.25, 0.3) is 0 Å². The number of likely N-dealkylation sites (tertiary alicyclic amines) is 1. The average Bonchev–Trinajstić information content (AvgIpc) is 2.34. The Morgan fingerprint density at radius 3 is 2.78 bits per heavy atom. The maximum Gasteiger partial charge on any atom is 0.231 e. The van der Waals surface area contributed by atoms with Crippen molar-refractivity contribution in [2.45, 2.75) is 18.9 Å². The Morgan fingerprint density at radius 2 is 2.22 bits per heavy atom. The fraction of sp³-hybridized carbons (Fsp3) is 0.500. The molecule has 0 bridgehead atoms. The van der Waals surface area contributed by atoms with Gasteiger partial charge in [0.05, 0.1) is 6.54 Å². The Hall–Kier alpha value is -1.14. The average molecular weight is 313 g/mol. The summed E-state index contributed by atoms with van der Waals surface area (Å²) in [6.07, 6.45) is 3.79. The summed E-state index contributed by atoms with van der Waals surface area (Å²) in [5.74, 6) is 0.641. The van der Waals surface area contributed by atoms with Crippen LogP contribution in [0.1, 0.15) is 12.8 Å². The number of carbonyl (C=O) groups excluding carboxylic acids is 1. The molecule has 6 heteroatoms. The van der Waals surface area contributed by atoms with Gasteiger partial charge in [-0.3, -0.25) is 9.69 Å². The number of piperidine rings is 1. The van der Waals surface area contributed by atoms with Gasteiger partial charge in [-0.25, -0.2) is 4.98 Å².